The molecular weight excluding hydrogens is 316 g/mol. The normalized spacial score (nSPS) is 27.1. The lowest BCUT2D eigenvalue weighted by Crippen LogP contribution is -2.30. The lowest BCUT2D eigenvalue weighted by Gasteiger charge is -2.15. The summed E-state index contributed by atoms with van der Waals surface area (Å²) in [7, 11) is 1.39. The van der Waals surface area contributed by atoms with Crippen molar-refractivity contribution in [2.24, 2.45) is 5.16 Å². The molecule has 22 heavy (non-hydrogen) atoms. The third-order valence-corrected chi connectivity index (χ3v) is 5.31. The third-order valence-electron chi connectivity index (χ3n) is 3.77. The van der Waals surface area contributed by atoms with Crippen molar-refractivity contribution in [2.45, 2.75) is 25.1 Å². The molecule has 1 spiro atoms. The Labute approximate surface area is 129 Å². The molecule has 1 N–H and O–H groups in total. The summed E-state index contributed by atoms with van der Waals surface area (Å²) < 4.78 is 43.9. The molecule has 0 aromatic heterocycles. The Hall–Kier alpha value is -1.54. The van der Waals surface area contributed by atoms with Crippen molar-refractivity contribution in [2.75, 3.05) is 18.6 Å². The highest BCUT2D eigenvalue weighted by Gasteiger charge is 2.52. The second-order valence-electron chi connectivity index (χ2n) is 5.29. The number of methoxy groups -OCH3 is 1. The second kappa shape index (κ2) is 5.92. The zero-order valence-electron chi connectivity index (χ0n) is 11.9. The maximum atomic E-state index is 12.3. The zero-order chi connectivity index (χ0) is 15.7. The number of hydrogen-bond acceptors (Lipinski definition) is 5. The molecule has 2 unspecified atom stereocenters. The van der Waals surface area contributed by atoms with Crippen molar-refractivity contribution in [1.29, 1.82) is 0 Å². The van der Waals surface area contributed by atoms with Crippen LogP contribution in [-0.2, 0) is 16.0 Å². The molecule has 1 fully saturated rings. The predicted octanol–water partition coefficient (Wildman–Crippen LogP) is 2.65. The van der Waals surface area contributed by atoms with Crippen LogP contribution in [0.1, 0.15) is 18.4 Å². The van der Waals surface area contributed by atoms with Gasteiger partial charge in [0.2, 0.25) is 0 Å². The van der Waals surface area contributed by atoms with Gasteiger partial charge in [0.1, 0.15) is 16.9 Å². The van der Waals surface area contributed by atoms with E-state index in [0.717, 1.165) is 23.4 Å². The molecule has 2 aliphatic heterocycles. The third kappa shape index (κ3) is 2.98. The molecule has 120 valence electrons. The second-order valence-corrected chi connectivity index (χ2v) is 6.92. The van der Waals surface area contributed by atoms with E-state index in [1.165, 1.54) is 13.2 Å². The molecular formula is C14H16F2NO4S+. The summed E-state index contributed by atoms with van der Waals surface area (Å²) in [6.07, 6.45) is 1.36. The predicted molar refractivity (Wildman–Crippen MR) is 78.9 cm³/mol. The summed E-state index contributed by atoms with van der Waals surface area (Å²) in [5.74, 6) is 1.51. The molecule has 0 amide bonds. The number of alkyl halides is 2. The minimum atomic E-state index is -2.91. The van der Waals surface area contributed by atoms with Gasteiger partial charge in [0.15, 0.2) is 22.9 Å². The summed E-state index contributed by atoms with van der Waals surface area (Å²) >= 11 is -0.616. The molecule has 1 aromatic carbocycles. The van der Waals surface area contributed by atoms with Gasteiger partial charge in [0, 0.05) is 18.4 Å². The zero-order valence-corrected chi connectivity index (χ0v) is 12.7. The topological polar surface area (TPSA) is 60.3 Å². The number of halogens is 2. The van der Waals surface area contributed by atoms with Crippen LogP contribution in [0.3, 0.4) is 0 Å². The summed E-state index contributed by atoms with van der Waals surface area (Å²) in [6, 6.07) is 4.68. The van der Waals surface area contributed by atoms with Crippen molar-refractivity contribution in [1.82, 2.24) is 0 Å². The van der Waals surface area contributed by atoms with Crippen LogP contribution < -0.4 is 9.47 Å². The molecule has 0 aliphatic carbocycles. The largest absolute Gasteiger partial charge is 0.493 e. The fourth-order valence-corrected chi connectivity index (χ4v) is 4.34. The van der Waals surface area contributed by atoms with Crippen molar-refractivity contribution < 1.29 is 27.6 Å². The minimum absolute atomic E-state index is 0.0201. The summed E-state index contributed by atoms with van der Waals surface area (Å²) in [6.45, 7) is -2.91. The Balaban J connectivity index is 1.78. The van der Waals surface area contributed by atoms with E-state index in [1.807, 2.05) is 0 Å². The van der Waals surface area contributed by atoms with Gasteiger partial charge in [-0.3, -0.25) is 0 Å². The lowest BCUT2D eigenvalue weighted by molar-refractivity contribution is -0.0512. The van der Waals surface area contributed by atoms with Crippen molar-refractivity contribution in [3.05, 3.63) is 23.8 Å². The van der Waals surface area contributed by atoms with Crippen LogP contribution >= 0.6 is 0 Å². The summed E-state index contributed by atoms with van der Waals surface area (Å²) in [5, 5.41) is 4.11. The maximum absolute atomic E-state index is 12.3. The van der Waals surface area contributed by atoms with Gasteiger partial charge in [-0.15, -0.1) is 0 Å². The standard InChI is InChI=1S/C14H16F2NO4S/c1-19-12-6-9(2-3-11(12)20-13(15)16)10-7-14(21-17-10)4-5-22(18)8-14/h2-3,6,13,18H,4-5,7-8H2,1H3/q+1. The molecule has 2 atom stereocenters. The highest BCUT2D eigenvalue weighted by atomic mass is 32.2. The molecule has 3 rings (SSSR count). The van der Waals surface area contributed by atoms with E-state index in [9.17, 15) is 13.3 Å². The number of rotatable bonds is 4. The minimum Gasteiger partial charge on any atom is -0.493 e. The average Bonchev–Trinajstić information content (AvgIpc) is 3.06. The van der Waals surface area contributed by atoms with Crippen LogP contribution in [0, 0.1) is 0 Å². The molecule has 5 nitrogen and oxygen atoms in total. The van der Waals surface area contributed by atoms with Crippen LogP contribution in [-0.4, -0.2) is 41.1 Å². The van der Waals surface area contributed by atoms with Crippen molar-refractivity contribution in [3.8, 4) is 11.5 Å². The van der Waals surface area contributed by atoms with Gasteiger partial charge in [-0.1, -0.05) is 5.16 Å². The first-order valence-corrected chi connectivity index (χ1v) is 8.28. The van der Waals surface area contributed by atoms with Gasteiger partial charge in [-0.05, 0) is 18.2 Å². The molecule has 2 heterocycles. The summed E-state index contributed by atoms with van der Waals surface area (Å²) in [5.41, 5.74) is 1.04. The van der Waals surface area contributed by atoms with Gasteiger partial charge in [-0.2, -0.15) is 13.3 Å². The maximum Gasteiger partial charge on any atom is 0.387 e. The number of nitrogens with zero attached hydrogens (tertiary/aromatic N) is 1. The SMILES string of the molecule is COc1cc(C2=NOC3(CC[S+](O)C3)C2)ccc1OC(F)F. The smallest absolute Gasteiger partial charge is 0.387 e. The first-order chi connectivity index (χ1) is 10.5. The molecule has 1 aromatic rings. The Morgan fingerprint density at radius 3 is 2.86 bits per heavy atom. The van der Waals surface area contributed by atoms with Gasteiger partial charge in [0.25, 0.3) is 0 Å². The van der Waals surface area contributed by atoms with Crippen LogP contribution in [0.5, 0.6) is 11.5 Å². The van der Waals surface area contributed by atoms with Crippen LogP contribution in [0.2, 0.25) is 0 Å². The average molecular weight is 332 g/mol. The number of ether oxygens (including phenoxy) is 2. The van der Waals surface area contributed by atoms with E-state index in [4.69, 9.17) is 9.57 Å². The fraction of sp³-hybridized carbons (Fsp3) is 0.500. The Morgan fingerprint density at radius 2 is 2.23 bits per heavy atom. The summed E-state index contributed by atoms with van der Waals surface area (Å²) in [4.78, 5) is 5.55. The first-order valence-electron chi connectivity index (χ1n) is 6.76. The van der Waals surface area contributed by atoms with E-state index in [2.05, 4.69) is 9.89 Å². The highest BCUT2D eigenvalue weighted by Crippen LogP contribution is 2.38. The van der Waals surface area contributed by atoms with Gasteiger partial charge >= 0.3 is 6.61 Å². The fourth-order valence-electron chi connectivity index (χ4n) is 2.68. The number of benzene rings is 1. The number of hydrogen-bond donors (Lipinski definition) is 1. The van der Waals surface area contributed by atoms with Gasteiger partial charge < -0.3 is 14.3 Å². The molecule has 1 saturated heterocycles. The van der Waals surface area contributed by atoms with E-state index >= 15 is 0 Å². The van der Waals surface area contributed by atoms with E-state index in [0.29, 0.717) is 12.2 Å². The Bertz CT molecular complexity index is 598. The van der Waals surface area contributed by atoms with Crippen molar-refractivity contribution in [3.63, 3.8) is 0 Å². The van der Waals surface area contributed by atoms with E-state index in [1.54, 1.807) is 12.1 Å². The van der Waals surface area contributed by atoms with Crippen molar-refractivity contribution >= 4 is 16.9 Å². The number of oxime groups is 1. The van der Waals surface area contributed by atoms with Crippen LogP contribution in [0.25, 0.3) is 0 Å². The Morgan fingerprint density at radius 1 is 1.41 bits per heavy atom. The van der Waals surface area contributed by atoms with Crippen LogP contribution in [0.15, 0.2) is 23.4 Å². The van der Waals surface area contributed by atoms with Gasteiger partial charge in [-0.25, -0.2) is 0 Å². The lowest BCUT2D eigenvalue weighted by atomic mass is 9.93. The first kappa shape index (κ1) is 15.4. The van der Waals surface area contributed by atoms with E-state index in [-0.39, 0.29) is 11.5 Å². The monoisotopic (exact) mass is 332 g/mol. The molecule has 2 aliphatic rings. The molecule has 0 bridgehead atoms. The molecule has 0 saturated carbocycles. The molecule has 8 heteroatoms. The van der Waals surface area contributed by atoms with E-state index < -0.39 is 23.4 Å². The highest BCUT2D eigenvalue weighted by molar-refractivity contribution is 7.91. The quantitative estimate of drug-likeness (QED) is 0.861. The Kier molecular flexibility index (Phi) is 4.14. The molecule has 0 radical (unpaired) electrons. The van der Waals surface area contributed by atoms with Gasteiger partial charge in [0.05, 0.1) is 12.8 Å². The van der Waals surface area contributed by atoms with Crippen LogP contribution in [0.4, 0.5) is 8.78 Å².